The van der Waals surface area contributed by atoms with Crippen molar-refractivity contribution in [1.29, 1.82) is 0 Å². The number of carbonyl (C=O) groups is 1. The first-order valence-corrected chi connectivity index (χ1v) is 5.32. The lowest BCUT2D eigenvalue weighted by Crippen LogP contribution is -2.15. The molecule has 0 saturated carbocycles. The number of ether oxygens (including phenoxy) is 1. The topological polar surface area (TPSA) is 69.4 Å². The first kappa shape index (κ1) is 13.2. The van der Waals surface area contributed by atoms with Crippen molar-refractivity contribution in [2.24, 2.45) is 5.92 Å². The van der Waals surface area contributed by atoms with Crippen LogP contribution in [0.15, 0.2) is 24.3 Å². The van der Waals surface area contributed by atoms with Crippen molar-refractivity contribution < 1.29 is 14.5 Å². The second-order valence-corrected chi connectivity index (χ2v) is 3.98. The number of nitrogens with zero attached hydrogens (tertiary/aromatic N) is 1. The van der Waals surface area contributed by atoms with Gasteiger partial charge in [0.15, 0.2) is 5.78 Å². The zero-order valence-electron chi connectivity index (χ0n) is 9.88. The molecule has 0 amide bonds. The Labute approximate surface area is 99.5 Å². The molecular formula is C12H15NO4. The molecule has 0 aliphatic rings. The molecule has 0 saturated heterocycles. The average Bonchev–Trinajstić information content (AvgIpc) is 2.28. The molecule has 0 unspecified atom stereocenters. The molecule has 0 aromatic heterocycles. The van der Waals surface area contributed by atoms with Crippen LogP contribution in [0.3, 0.4) is 0 Å². The summed E-state index contributed by atoms with van der Waals surface area (Å²) in [5.74, 6) is 0.349. The molecule has 0 heterocycles. The highest BCUT2D eigenvalue weighted by Crippen LogP contribution is 2.15. The summed E-state index contributed by atoms with van der Waals surface area (Å²) in [5.41, 5.74) is 0.556. The predicted octanol–water partition coefficient (Wildman–Crippen LogP) is 2.18. The lowest BCUT2D eigenvalue weighted by Gasteiger charge is -2.06. The van der Waals surface area contributed by atoms with Gasteiger partial charge in [-0.3, -0.25) is 14.9 Å². The van der Waals surface area contributed by atoms with E-state index < -0.39 is 4.92 Å². The lowest BCUT2D eigenvalue weighted by atomic mass is 10.00. The summed E-state index contributed by atoms with van der Waals surface area (Å²) < 4.78 is 4.98. The van der Waals surface area contributed by atoms with Crippen molar-refractivity contribution in [3.05, 3.63) is 39.9 Å². The minimum atomic E-state index is -0.397. The third kappa shape index (κ3) is 4.22. The molecule has 5 heteroatoms. The van der Waals surface area contributed by atoms with Crippen molar-refractivity contribution >= 4 is 5.78 Å². The van der Waals surface area contributed by atoms with Gasteiger partial charge in [-0.15, -0.1) is 0 Å². The Kier molecular flexibility index (Phi) is 4.63. The van der Waals surface area contributed by atoms with Gasteiger partial charge in [0.1, 0.15) is 5.75 Å². The van der Waals surface area contributed by atoms with E-state index in [1.807, 2.05) is 0 Å². The molecule has 0 aliphatic carbocycles. The quantitative estimate of drug-likeness (QED) is 0.432. The van der Waals surface area contributed by atoms with E-state index in [0.717, 1.165) is 0 Å². The molecule has 0 N–H and O–H groups in total. The SMILES string of the molecule is COc1ccc(C(=O)C[C@@H](C)C[N+](=O)[O-])cc1. The monoisotopic (exact) mass is 237 g/mol. The van der Waals surface area contributed by atoms with Gasteiger partial charge in [0.25, 0.3) is 0 Å². The number of hydrogen-bond acceptors (Lipinski definition) is 4. The first-order valence-electron chi connectivity index (χ1n) is 5.32. The zero-order chi connectivity index (χ0) is 12.8. The van der Waals surface area contributed by atoms with Crippen molar-refractivity contribution in [3.63, 3.8) is 0 Å². The first-order chi connectivity index (χ1) is 8.02. The Bertz CT molecular complexity index is 399. The predicted molar refractivity (Wildman–Crippen MR) is 63.0 cm³/mol. The fraction of sp³-hybridized carbons (Fsp3) is 0.417. The van der Waals surface area contributed by atoms with Crippen LogP contribution in [0.1, 0.15) is 23.7 Å². The number of ketones is 1. The molecule has 92 valence electrons. The molecule has 0 aliphatic heterocycles. The van der Waals surface area contributed by atoms with E-state index in [0.29, 0.717) is 11.3 Å². The second kappa shape index (κ2) is 5.98. The van der Waals surface area contributed by atoms with Crippen molar-refractivity contribution in [3.8, 4) is 5.75 Å². The normalized spacial score (nSPS) is 11.9. The van der Waals surface area contributed by atoms with Gasteiger partial charge in [0, 0.05) is 22.8 Å². The smallest absolute Gasteiger partial charge is 0.206 e. The standard InChI is InChI=1S/C12H15NO4/c1-9(8-13(15)16)7-12(14)10-3-5-11(17-2)6-4-10/h3-6,9H,7-8H2,1-2H3/t9-/m1/s1. The van der Waals surface area contributed by atoms with Crippen molar-refractivity contribution in [2.75, 3.05) is 13.7 Å². The number of hydrogen-bond donors (Lipinski definition) is 0. The summed E-state index contributed by atoms with van der Waals surface area (Å²) in [4.78, 5) is 21.7. The van der Waals surface area contributed by atoms with Gasteiger partial charge < -0.3 is 4.74 Å². The van der Waals surface area contributed by atoms with Crippen LogP contribution in [0.4, 0.5) is 0 Å². The second-order valence-electron chi connectivity index (χ2n) is 3.98. The molecule has 0 fully saturated rings. The Morgan fingerprint density at radius 3 is 2.47 bits per heavy atom. The van der Waals surface area contributed by atoms with Gasteiger partial charge in [-0.25, -0.2) is 0 Å². The molecule has 0 radical (unpaired) electrons. The molecular weight excluding hydrogens is 222 g/mol. The summed E-state index contributed by atoms with van der Waals surface area (Å²) in [5, 5.41) is 10.3. The van der Waals surface area contributed by atoms with Crippen molar-refractivity contribution in [2.45, 2.75) is 13.3 Å². The van der Waals surface area contributed by atoms with Gasteiger partial charge in [0.05, 0.1) is 7.11 Å². The van der Waals surface area contributed by atoms with E-state index in [-0.39, 0.29) is 24.7 Å². The molecule has 1 aromatic rings. The van der Waals surface area contributed by atoms with Crippen LogP contribution < -0.4 is 4.74 Å². The number of carbonyl (C=O) groups excluding carboxylic acids is 1. The Morgan fingerprint density at radius 2 is 2.00 bits per heavy atom. The average molecular weight is 237 g/mol. The van der Waals surface area contributed by atoms with E-state index in [1.54, 1.807) is 38.3 Å². The Balaban J connectivity index is 2.60. The Hall–Kier alpha value is -1.91. The highest BCUT2D eigenvalue weighted by Gasteiger charge is 2.15. The van der Waals surface area contributed by atoms with Crippen LogP contribution in [0.5, 0.6) is 5.75 Å². The maximum atomic E-state index is 11.8. The number of rotatable bonds is 6. The van der Waals surface area contributed by atoms with E-state index in [4.69, 9.17) is 4.74 Å². The molecule has 17 heavy (non-hydrogen) atoms. The fourth-order valence-corrected chi connectivity index (χ4v) is 1.53. The summed E-state index contributed by atoms with van der Waals surface area (Å²) in [6.45, 7) is 1.52. The Morgan fingerprint density at radius 1 is 1.41 bits per heavy atom. The largest absolute Gasteiger partial charge is 0.497 e. The molecule has 0 bridgehead atoms. The van der Waals surface area contributed by atoms with Crippen LogP contribution in [0, 0.1) is 16.0 Å². The summed E-state index contributed by atoms with van der Waals surface area (Å²) in [6.07, 6.45) is 0.188. The number of Topliss-reactive ketones (excluding diaryl/α,β-unsaturated/α-hetero) is 1. The third-order valence-corrected chi connectivity index (χ3v) is 2.41. The van der Waals surface area contributed by atoms with Crippen molar-refractivity contribution in [1.82, 2.24) is 0 Å². The molecule has 1 atom stereocenters. The fourth-order valence-electron chi connectivity index (χ4n) is 1.53. The van der Waals surface area contributed by atoms with Gasteiger partial charge in [0.2, 0.25) is 6.54 Å². The van der Waals surface area contributed by atoms with E-state index >= 15 is 0 Å². The van der Waals surface area contributed by atoms with Gasteiger partial charge in [-0.05, 0) is 24.3 Å². The summed E-state index contributed by atoms with van der Waals surface area (Å²) in [7, 11) is 1.55. The van der Waals surface area contributed by atoms with Gasteiger partial charge in [-0.1, -0.05) is 6.92 Å². The van der Waals surface area contributed by atoms with Crippen LogP contribution in [0.2, 0.25) is 0 Å². The van der Waals surface area contributed by atoms with E-state index in [1.165, 1.54) is 0 Å². The highest BCUT2D eigenvalue weighted by atomic mass is 16.6. The van der Waals surface area contributed by atoms with Gasteiger partial charge in [-0.2, -0.15) is 0 Å². The molecule has 1 aromatic carbocycles. The van der Waals surface area contributed by atoms with Crippen LogP contribution >= 0.6 is 0 Å². The summed E-state index contributed by atoms with van der Waals surface area (Å²) >= 11 is 0. The van der Waals surface area contributed by atoms with Crippen LogP contribution in [-0.4, -0.2) is 24.4 Å². The number of benzene rings is 1. The van der Waals surface area contributed by atoms with Crippen LogP contribution in [0.25, 0.3) is 0 Å². The minimum Gasteiger partial charge on any atom is -0.497 e. The maximum absolute atomic E-state index is 11.8. The van der Waals surface area contributed by atoms with E-state index in [9.17, 15) is 14.9 Å². The minimum absolute atomic E-state index is 0.0815. The third-order valence-electron chi connectivity index (χ3n) is 2.41. The number of methoxy groups -OCH3 is 1. The number of nitro groups is 1. The summed E-state index contributed by atoms with van der Waals surface area (Å²) in [6, 6.07) is 6.73. The highest BCUT2D eigenvalue weighted by molar-refractivity contribution is 5.96. The van der Waals surface area contributed by atoms with Gasteiger partial charge >= 0.3 is 0 Å². The van der Waals surface area contributed by atoms with Crippen LogP contribution in [-0.2, 0) is 0 Å². The van der Waals surface area contributed by atoms with E-state index in [2.05, 4.69) is 0 Å². The zero-order valence-corrected chi connectivity index (χ0v) is 9.88. The lowest BCUT2D eigenvalue weighted by molar-refractivity contribution is -0.487. The molecule has 1 rings (SSSR count). The molecule has 5 nitrogen and oxygen atoms in total. The molecule has 0 spiro atoms. The maximum Gasteiger partial charge on any atom is 0.206 e.